The zero-order valence-electron chi connectivity index (χ0n) is 13.0. The molecule has 1 aliphatic rings. The predicted octanol–water partition coefficient (Wildman–Crippen LogP) is 3.70. The smallest absolute Gasteiger partial charge is 0.478 e. The van der Waals surface area contributed by atoms with Crippen LogP contribution in [0.15, 0.2) is 65.5 Å². The number of anilines is 1. The number of rotatable bonds is 5. The molecule has 0 aliphatic carbocycles. The Bertz CT molecular complexity index is 944. The van der Waals surface area contributed by atoms with Gasteiger partial charge in [-0.25, -0.2) is 4.79 Å². The summed E-state index contributed by atoms with van der Waals surface area (Å²) >= 11 is 0. The molecule has 0 unspecified atom stereocenters. The Kier molecular flexibility index (Phi) is 4.47. The van der Waals surface area contributed by atoms with E-state index >= 15 is 0 Å². The number of alkyl halides is 3. The number of hydrogen-bond acceptors (Lipinski definition) is 4. The van der Waals surface area contributed by atoms with Crippen molar-refractivity contribution in [2.24, 2.45) is 5.11 Å². The molecule has 2 aromatic carbocycles. The standard InChI is InChI=1S/C17H10F3N3O3/c18-17(19,20)26-13-6-4-12(5-7-13)21-15-9-14(22-23-15)10-2-1-3-11(8-10)16(24)25/h1-9H,(H,24,25)/p+1. The Morgan fingerprint density at radius 1 is 1.15 bits per heavy atom. The van der Waals surface area contributed by atoms with Gasteiger partial charge >= 0.3 is 18.0 Å². The van der Waals surface area contributed by atoms with Crippen LogP contribution in [-0.4, -0.2) is 27.9 Å². The average Bonchev–Trinajstić information content (AvgIpc) is 3.04. The van der Waals surface area contributed by atoms with Crippen LogP contribution in [0.1, 0.15) is 15.9 Å². The summed E-state index contributed by atoms with van der Waals surface area (Å²) in [5.74, 6) is -1.01. The van der Waals surface area contributed by atoms with Crippen molar-refractivity contribution in [1.29, 1.82) is 0 Å². The normalized spacial score (nSPS) is 13.2. The molecule has 3 rings (SSSR count). The van der Waals surface area contributed by atoms with Crippen LogP contribution in [0.5, 0.6) is 5.75 Å². The Hall–Kier alpha value is -3.58. The number of carboxylic acids is 1. The fourth-order valence-corrected chi connectivity index (χ4v) is 2.20. The van der Waals surface area contributed by atoms with E-state index in [1.54, 1.807) is 18.2 Å². The van der Waals surface area contributed by atoms with Crippen LogP contribution in [0.4, 0.5) is 18.9 Å². The van der Waals surface area contributed by atoms with Crippen molar-refractivity contribution in [3.05, 3.63) is 71.6 Å². The lowest BCUT2D eigenvalue weighted by atomic mass is 10.1. The molecule has 9 heteroatoms. The monoisotopic (exact) mass is 362 g/mol. The Labute approximate surface area is 145 Å². The summed E-state index contributed by atoms with van der Waals surface area (Å²) in [6.07, 6.45) is -3.15. The summed E-state index contributed by atoms with van der Waals surface area (Å²) in [4.78, 5) is 15.0. The highest BCUT2D eigenvalue weighted by Crippen LogP contribution is 2.24. The van der Waals surface area contributed by atoms with E-state index in [0.29, 0.717) is 22.8 Å². The van der Waals surface area contributed by atoms with Gasteiger partial charge in [0, 0.05) is 5.69 Å². The third-order valence-electron chi connectivity index (χ3n) is 3.30. The summed E-state index contributed by atoms with van der Waals surface area (Å²) < 4.78 is 40.2. The molecule has 2 aromatic rings. The molecule has 6 nitrogen and oxygen atoms in total. The number of benzene rings is 2. The zero-order valence-corrected chi connectivity index (χ0v) is 13.0. The highest BCUT2D eigenvalue weighted by atomic mass is 19.4. The van der Waals surface area contributed by atoms with Crippen molar-refractivity contribution >= 4 is 17.4 Å². The second kappa shape index (κ2) is 6.73. The number of carboxylic acid groups (broad SMARTS) is 1. The number of ether oxygens (including phenoxy) is 1. The van der Waals surface area contributed by atoms with Gasteiger partial charge in [-0.2, -0.15) is 0 Å². The highest BCUT2D eigenvalue weighted by Gasteiger charge is 2.31. The van der Waals surface area contributed by atoms with Crippen molar-refractivity contribution in [2.75, 3.05) is 5.32 Å². The molecule has 0 saturated heterocycles. The van der Waals surface area contributed by atoms with Crippen LogP contribution < -0.4 is 10.1 Å². The SMILES string of the molecule is O=C(O)c1cccc(C2=[N+]=NC(Nc3ccc(OC(F)(F)F)cc3)=C2)c1. The Balaban J connectivity index is 1.70. The number of hydrogen-bond donors (Lipinski definition) is 2. The minimum Gasteiger partial charge on any atom is -0.478 e. The average molecular weight is 362 g/mol. The number of nitrogens with one attached hydrogen (secondary N) is 1. The molecule has 0 spiro atoms. The molecule has 1 heterocycles. The van der Waals surface area contributed by atoms with E-state index < -0.39 is 12.3 Å². The molecule has 2 N–H and O–H groups in total. The van der Waals surface area contributed by atoms with E-state index in [0.717, 1.165) is 0 Å². The van der Waals surface area contributed by atoms with Crippen LogP contribution in [0.3, 0.4) is 0 Å². The van der Waals surface area contributed by atoms with E-state index in [2.05, 4.69) is 20.0 Å². The topological polar surface area (TPSA) is 85.0 Å². The molecule has 0 saturated carbocycles. The highest BCUT2D eigenvalue weighted by molar-refractivity contribution is 6.07. The summed E-state index contributed by atoms with van der Waals surface area (Å²) in [5.41, 5.74) is 1.66. The molecule has 0 amide bonds. The second-order valence-corrected chi connectivity index (χ2v) is 5.20. The van der Waals surface area contributed by atoms with Crippen LogP contribution in [0, 0.1) is 0 Å². The van der Waals surface area contributed by atoms with Gasteiger partial charge in [-0.15, -0.1) is 13.2 Å². The lowest BCUT2D eigenvalue weighted by Crippen LogP contribution is -2.17. The first-order valence-electron chi connectivity index (χ1n) is 7.27. The van der Waals surface area contributed by atoms with Gasteiger partial charge < -0.3 is 15.2 Å². The fourth-order valence-electron chi connectivity index (χ4n) is 2.20. The number of aromatic carboxylic acids is 1. The molecule has 0 radical (unpaired) electrons. The van der Waals surface area contributed by atoms with Crippen molar-refractivity contribution in [3.8, 4) is 5.75 Å². The maximum Gasteiger partial charge on any atom is 0.573 e. The van der Waals surface area contributed by atoms with Crippen LogP contribution in [-0.2, 0) is 0 Å². The van der Waals surface area contributed by atoms with Crippen molar-refractivity contribution in [3.63, 3.8) is 0 Å². The van der Waals surface area contributed by atoms with Gasteiger partial charge in [0.1, 0.15) is 10.9 Å². The van der Waals surface area contributed by atoms with Gasteiger partial charge in [-0.1, -0.05) is 6.07 Å². The van der Waals surface area contributed by atoms with Crippen LogP contribution in [0.2, 0.25) is 0 Å². The minimum absolute atomic E-state index is 0.125. The van der Waals surface area contributed by atoms with Gasteiger partial charge in [0.15, 0.2) is 0 Å². The van der Waals surface area contributed by atoms with Crippen molar-refractivity contribution in [1.82, 2.24) is 0 Å². The second-order valence-electron chi connectivity index (χ2n) is 5.20. The summed E-state index contributed by atoms with van der Waals surface area (Å²) in [6, 6.07) is 11.4. The number of nitrogens with zero attached hydrogens (tertiary/aromatic N) is 2. The zero-order chi connectivity index (χ0) is 18.7. The van der Waals surface area contributed by atoms with E-state index in [1.807, 2.05) is 0 Å². The Morgan fingerprint density at radius 3 is 2.54 bits per heavy atom. The number of carbonyl (C=O) groups is 1. The molecule has 0 aromatic heterocycles. The Morgan fingerprint density at radius 2 is 1.88 bits per heavy atom. The van der Waals surface area contributed by atoms with Gasteiger partial charge in [-0.3, -0.25) is 0 Å². The van der Waals surface area contributed by atoms with E-state index in [-0.39, 0.29) is 11.3 Å². The maximum absolute atomic E-state index is 12.1. The van der Waals surface area contributed by atoms with Crippen molar-refractivity contribution in [2.45, 2.75) is 6.36 Å². The van der Waals surface area contributed by atoms with Crippen LogP contribution >= 0.6 is 0 Å². The van der Waals surface area contributed by atoms with E-state index in [4.69, 9.17) is 5.11 Å². The number of allylic oxidation sites excluding steroid dienone is 1. The van der Waals surface area contributed by atoms with E-state index in [1.165, 1.54) is 36.4 Å². The van der Waals surface area contributed by atoms with E-state index in [9.17, 15) is 18.0 Å². The lowest BCUT2D eigenvalue weighted by molar-refractivity contribution is -0.274. The first-order valence-corrected chi connectivity index (χ1v) is 7.27. The third kappa shape index (κ3) is 4.28. The minimum atomic E-state index is -4.74. The largest absolute Gasteiger partial charge is 0.573 e. The van der Waals surface area contributed by atoms with Crippen LogP contribution in [0.25, 0.3) is 0 Å². The molecular weight excluding hydrogens is 351 g/mol. The molecule has 1 aliphatic heterocycles. The lowest BCUT2D eigenvalue weighted by Gasteiger charge is -2.09. The molecule has 132 valence electrons. The summed E-state index contributed by atoms with van der Waals surface area (Å²) in [6.45, 7) is 0. The summed E-state index contributed by atoms with van der Waals surface area (Å²) in [5, 5.41) is 15.8. The summed E-state index contributed by atoms with van der Waals surface area (Å²) in [7, 11) is 0. The predicted molar refractivity (Wildman–Crippen MR) is 85.0 cm³/mol. The molecule has 0 fully saturated rings. The molecule has 0 atom stereocenters. The van der Waals surface area contributed by atoms with Gasteiger partial charge in [0.2, 0.25) is 5.82 Å². The molecular formula is C17H11F3N3O3+. The molecule has 26 heavy (non-hydrogen) atoms. The fraction of sp³-hybridized carbons (Fsp3) is 0.0588. The first-order chi connectivity index (χ1) is 12.3. The third-order valence-corrected chi connectivity index (χ3v) is 3.30. The quantitative estimate of drug-likeness (QED) is 0.795. The number of halogens is 3. The van der Waals surface area contributed by atoms with Gasteiger partial charge in [-0.05, 0) is 42.5 Å². The molecule has 0 bridgehead atoms. The van der Waals surface area contributed by atoms with Gasteiger partial charge in [0.25, 0.3) is 0 Å². The van der Waals surface area contributed by atoms with Crippen molar-refractivity contribution < 1.29 is 32.6 Å². The van der Waals surface area contributed by atoms with Gasteiger partial charge in [0.05, 0.1) is 22.0 Å². The maximum atomic E-state index is 12.1. The first kappa shape index (κ1) is 17.2.